The molecule has 0 spiro atoms. The van der Waals surface area contributed by atoms with Crippen molar-refractivity contribution in [2.45, 2.75) is 58.6 Å². The summed E-state index contributed by atoms with van der Waals surface area (Å²) >= 11 is 0. The van der Waals surface area contributed by atoms with Crippen LogP contribution in [-0.4, -0.2) is 38.2 Å². The summed E-state index contributed by atoms with van der Waals surface area (Å²) in [4.78, 5) is 15.9. The van der Waals surface area contributed by atoms with E-state index < -0.39 is 0 Å². The second-order valence-electron chi connectivity index (χ2n) is 6.58. The van der Waals surface area contributed by atoms with E-state index >= 15 is 0 Å². The third kappa shape index (κ3) is 8.36. The molecular weight excluding hydrogens is 457 g/mol. The van der Waals surface area contributed by atoms with Crippen LogP contribution < -0.4 is 15.4 Å². The van der Waals surface area contributed by atoms with Crippen molar-refractivity contribution in [2.75, 3.05) is 20.2 Å². The molecule has 0 bridgehead atoms. The van der Waals surface area contributed by atoms with Crippen LogP contribution in [0.3, 0.4) is 0 Å². The van der Waals surface area contributed by atoms with Crippen LogP contribution in [0, 0.1) is 6.92 Å². The predicted molar refractivity (Wildman–Crippen MR) is 119 cm³/mol. The van der Waals surface area contributed by atoms with Crippen LogP contribution in [0.5, 0.6) is 5.75 Å². The number of rotatable bonds is 8. The highest BCUT2D eigenvalue weighted by atomic mass is 127. The molecule has 27 heavy (non-hydrogen) atoms. The average Bonchev–Trinajstić information content (AvgIpc) is 3.13. The van der Waals surface area contributed by atoms with Crippen LogP contribution in [0.2, 0.25) is 0 Å². The minimum atomic E-state index is -0.237. The summed E-state index contributed by atoms with van der Waals surface area (Å²) in [7, 11) is 1.39. The van der Waals surface area contributed by atoms with Gasteiger partial charge in [-0.05, 0) is 51.2 Å². The van der Waals surface area contributed by atoms with Gasteiger partial charge >= 0.3 is 5.97 Å². The van der Waals surface area contributed by atoms with Gasteiger partial charge in [0.15, 0.2) is 5.96 Å². The molecule has 152 valence electrons. The van der Waals surface area contributed by atoms with Crippen molar-refractivity contribution in [3.63, 3.8) is 0 Å². The third-order valence-electron chi connectivity index (χ3n) is 4.42. The number of guanidine groups is 1. The van der Waals surface area contributed by atoms with Crippen molar-refractivity contribution in [1.29, 1.82) is 0 Å². The van der Waals surface area contributed by atoms with Gasteiger partial charge in [0.25, 0.3) is 0 Å². The molecule has 6 nitrogen and oxygen atoms in total. The van der Waals surface area contributed by atoms with Gasteiger partial charge in [-0.3, -0.25) is 4.79 Å². The van der Waals surface area contributed by atoms with Crippen molar-refractivity contribution in [1.82, 2.24) is 10.6 Å². The molecule has 0 aliphatic heterocycles. The monoisotopic (exact) mass is 489 g/mol. The number of ether oxygens (including phenoxy) is 2. The van der Waals surface area contributed by atoms with Crippen molar-refractivity contribution in [3.8, 4) is 5.75 Å². The zero-order valence-electron chi connectivity index (χ0n) is 16.5. The number of carbonyl (C=O) groups excluding carboxylic acids is 1. The topological polar surface area (TPSA) is 72.0 Å². The fraction of sp³-hybridized carbons (Fsp3) is 0.600. The number of benzene rings is 1. The van der Waals surface area contributed by atoms with Crippen molar-refractivity contribution >= 4 is 35.9 Å². The summed E-state index contributed by atoms with van der Waals surface area (Å²) in [6.45, 7) is 5.85. The minimum absolute atomic E-state index is 0. The van der Waals surface area contributed by atoms with Crippen molar-refractivity contribution in [3.05, 3.63) is 29.3 Å². The lowest BCUT2D eigenvalue weighted by Crippen LogP contribution is -2.38. The molecule has 0 amide bonds. The molecule has 1 aromatic carbocycles. The Labute approximate surface area is 179 Å². The number of nitrogens with zero attached hydrogens (tertiary/aromatic N) is 1. The maximum Gasteiger partial charge on any atom is 0.307 e. The van der Waals surface area contributed by atoms with Gasteiger partial charge in [0.1, 0.15) is 5.75 Å². The van der Waals surface area contributed by atoms with Gasteiger partial charge in [0.05, 0.1) is 26.2 Å². The molecule has 0 atom stereocenters. The van der Waals surface area contributed by atoms with Gasteiger partial charge in [0.2, 0.25) is 0 Å². The van der Waals surface area contributed by atoms with E-state index in [0.29, 0.717) is 31.6 Å². The average molecular weight is 489 g/mol. The van der Waals surface area contributed by atoms with Gasteiger partial charge < -0.3 is 20.1 Å². The van der Waals surface area contributed by atoms with E-state index in [9.17, 15) is 4.79 Å². The van der Waals surface area contributed by atoms with Crippen LogP contribution in [0.25, 0.3) is 0 Å². The molecule has 0 radical (unpaired) electrons. The first kappa shape index (κ1) is 23.5. The van der Waals surface area contributed by atoms with Crippen molar-refractivity contribution in [2.24, 2.45) is 4.99 Å². The molecule has 2 N–H and O–H groups in total. The number of aryl methyl sites for hydroxylation is 1. The molecule has 0 aromatic heterocycles. The number of methoxy groups -OCH3 is 1. The normalized spacial score (nSPS) is 14.4. The SMILES string of the molecule is CCNC(=NCc1ccc(C)cc1OC1CCCC1)NCCC(=O)OC.I. The largest absolute Gasteiger partial charge is 0.490 e. The van der Waals surface area contributed by atoms with E-state index in [2.05, 4.69) is 45.5 Å². The Kier molecular flexibility index (Phi) is 11.2. The van der Waals surface area contributed by atoms with Gasteiger partial charge in [-0.15, -0.1) is 24.0 Å². The van der Waals surface area contributed by atoms with Gasteiger partial charge in [-0.1, -0.05) is 12.1 Å². The quantitative estimate of drug-likeness (QED) is 0.253. The molecule has 0 heterocycles. The standard InChI is InChI=1S/C20H31N3O3.HI/c1-4-21-20(22-12-11-19(24)25-3)23-14-16-10-9-15(2)13-18(16)26-17-7-5-6-8-17;/h9-10,13,17H,4-8,11-12,14H2,1-3H3,(H2,21,22,23);1H. The van der Waals surface area contributed by atoms with Crippen LogP contribution >= 0.6 is 24.0 Å². The highest BCUT2D eigenvalue weighted by molar-refractivity contribution is 14.0. The summed E-state index contributed by atoms with van der Waals surface area (Å²) in [6.07, 6.45) is 5.40. The first-order valence-electron chi connectivity index (χ1n) is 9.47. The summed E-state index contributed by atoms with van der Waals surface area (Å²) in [6, 6.07) is 6.27. The fourth-order valence-corrected chi connectivity index (χ4v) is 2.98. The van der Waals surface area contributed by atoms with Gasteiger partial charge in [0, 0.05) is 18.7 Å². The summed E-state index contributed by atoms with van der Waals surface area (Å²) in [5, 5.41) is 6.35. The number of nitrogens with one attached hydrogen (secondary N) is 2. The van der Waals surface area contributed by atoms with E-state index in [-0.39, 0.29) is 29.9 Å². The molecule has 0 saturated heterocycles. The molecule has 2 rings (SSSR count). The van der Waals surface area contributed by atoms with E-state index in [0.717, 1.165) is 30.7 Å². The number of carbonyl (C=O) groups is 1. The van der Waals surface area contributed by atoms with Crippen LogP contribution in [-0.2, 0) is 16.1 Å². The number of hydrogen-bond donors (Lipinski definition) is 2. The Hall–Kier alpha value is -1.51. The Balaban J connectivity index is 0.00000364. The number of esters is 1. The maximum absolute atomic E-state index is 11.2. The fourth-order valence-electron chi connectivity index (χ4n) is 2.98. The highest BCUT2D eigenvalue weighted by Gasteiger charge is 2.18. The first-order valence-corrected chi connectivity index (χ1v) is 9.47. The number of aliphatic imine (C=N–C) groups is 1. The molecule has 1 fully saturated rings. The molecule has 7 heteroatoms. The Morgan fingerprint density at radius 3 is 2.67 bits per heavy atom. The first-order chi connectivity index (χ1) is 12.6. The highest BCUT2D eigenvalue weighted by Crippen LogP contribution is 2.28. The van der Waals surface area contributed by atoms with Gasteiger partial charge in [-0.2, -0.15) is 0 Å². The third-order valence-corrected chi connectivity index (χ3v) is 4.42. The smallest absolute Gasteiger partial charge is 0.307 e. The minimum Gasteiger partial charge on any atom is -0.490 e. The molecule has 1 aliphatic carbocycles. The van der Waals surface area contributed by atoms with Crippen LogP contribution in [0.1, 0.15) is 50.2 Å². The van der Waals surface area contributed by atoms with Crippen LogP contribution in [0.4, 0.5) is 0 Å². The number of halogens is 1. The Morgan fingerprint density at radius 2 is 2.00 bits per heavy atom. The lowest BCUT2D eigenvalue weighted by atomic mass is 10.1. The second-order valence-corrected chi connectivity index (χ2v) is 6.58. The lowest BCUT2D eigenvalue weighted by Gasteiger charge is -2.17. The predicted octanol–water partition coefficient (Wildman–Crippen LogP) is 3.55. The van der Waals surface area contributed by atoms with E-state index in [1.165, 1.54) is 25.5 Å². The Morgan fingerprint density at radius 1 is 1.26 bits per heavy atom. The lowest BCUT2D eigenvalue weighted by molar-refractivity contribution is -0.140. The molecular formula is C20H32IN3O3. The van der Waals surface area contributed by atoms with Crippen LogP contribution in [0.15, 0.2) is 23.2 Å². The zero-order valence-corrected chi connectivity index (χ0v) is 18.9. The second kappa shape index (κ2) is 12.8. The molecule has 1 aliphatic rings. The maximum atomic E-state index is 11.2. The van der Waals surface area contributed by atoms with Crippen molar-refractivity contribution < 1.29 is 14.3 Å². The number of hydrogen-bond acceptors (Lipinski definition) is 4. The summed E-state index contributed by atoms with van der Waals surface area (Å²) < 4.78 is 10.9. The van der Waals surface area contributed by atoms with E-state index in [4.69, 9.17) is 4.74 Å². The van der Waals surface area contributed by atoms with E-state index in [1.54, 1.807) is 0 Å². The Bertz CT molecular complexity index is 616. The molecule has 1 saturated carbocycles. The summed E-state index contributed by atoms with van der Waals surface area (Å²) in [5.41, 5.74) is 2.27. The summed E-state index contributed by atoms with van der Waals surface area (Å²) in [5.74, 6) is 1.38. The molecule has 1 aromatic rings. The zero-order chi connectivity index (χ0) is 18.8. The van der Waals surface area contributed by atoms with E-state index in [1.807, 2.05) is 6.92 Å². The van der Waals surface area contributed by atoms with Gasteiger partial charge in [-0.25, -0.2) is 4.99 Å². The molecule has 0 unspecified atom stereocenters.